The smallest absolute Gasteiger partial charge is 0.326 e. The molecule has 1 rings (SSSR count). The van der Waals surface area contributed by atoms with E-state index < -0.39 is 42.5 Å². The molecule has 11 nitrogen and oxygen atoms in total. The van der Waals surface area contributed by atoms with Crippen LogP contribution in [0.2, 0.25) is 0 Å². The molecule has 172 valence electrons. The van der Waals surface area contributed by atoms with Gasteiger partial charge in [0.2, 0.25) is 17.7 Å². The minimum atomic E-state index is -1.34. The molecule has 0 saturated carbocycles. The summed E-state index contributed by atoms with van der Waals surface area (Å²) >= 11 is 0. The Labute approximate surface area is 176 Å². The summed E-state index contributed by atoms with van der Waals surface area (Å²) in [6.07, 6.45) is 3.13. The van der Waals surface area contributed by atoms with Gasteiger partial charge in [0, 0.05) is 0 Å². The molecule has 0 aromatic rings. The van der Waals surface area contributed by atoms with Gasteiger partial charge < -0.3 is 37.2 Å². The maximum absolute atomic E-state index is 12.7. The van der Waals surface area contributed by atoms with Gasteiger partial charge in [0.05, 0.1) is 12.6 Å². The molecule has 3 amide bonds. The van der Waals surface area contributed by atoms with Crippen molar-refractivity contribution in [2.75, 3.05) is 19.7 Å². The summed E-state index contributed by atoms with van der Waals surface area (Å²) in [6, 6.07) is -3.75. The third kappa shape index (κ3) is 8.25. The van der Waals surface area contributed by atoms with Gasteiger partial charge in [0.15, 0.2) is 0 Å². The number of carbonyl (C=O) groups is 4. The van der Waals surface area contributed by atoms with Crippen LogP contribution in [0, 0.1) is 5.92 Å². The number of aliphatic carboxylic acids is 1. The van der Waals surface area contributed by atoms with Crippen molar-refractivity contribution < 1.29 is 29.4 Å². The third-order valence-corrected chi connectivity index (χ3v) is 5.00. The summed E-state index contributed by atoms with van der Waals surface area (Å²) < 4.78 is 0. The highest BCUT2D eigenvalue weighted by atomic mass is 16.4. The third-order valence-electron chi connectivity index (χ3n) is 5.00. The lowest BCUT2D eigenvalue weighted by molar-refractivity contribution is -0.143. The Balaban J connectivity index is 2.77. The number of rotatable bonds is 13. The zero-order valence-electron chi connectivity index (χ0n) is 17.6. The molecule has 11 heteroatoms. The molecule has 1 aliphatic rings. The molecule has 4 unspecified atom stereocenters. The van der Waals surface area contributed by atoms with E-state index in [4.69, 9.17) is 5.73 Å². The van der Waals surface area contributed by atoms with Gasteiger partial charge in [-0.1, -0.05) is 13.8 Å². The highest BCUT2D eigenvalue weighted by Gasteiger charge is 2.31. The van der Waals surface area contributed by atoms with Crippen LogP contribution in [0.5, 0.6) is 0 Å². The maximum Gasteiger partial charge on any atom is 0.326 e. The summed E-state index contributed by atoms with van der Waals surface area (Å²) in [4.78, 5) is 48.8. The normalized spacial score (nSPS) is 19.0. The molecular weight excluding hydrogens is 394 g/mol. The maximum atomic E-state index is 12.7. The van der Waals surface area contributed by atoms with Crippen LogP contribution >= 0.6 is 0 Å². The minimum Gasteiger partial charge on any atom is -0.480 e. The number of carboxylic acids is 1. The van der Waals surface area contributed by atoms with Crippen LogP contribution in [-0.2, 0) is 19.2 Å². The molecule has 8 N–H and O–H groups in total. The molecule has 0 radical (unpaired) electrons. The number of nitrogens with two attached hydrogens (primary N) is 1. The van der Waals surface area contributed by atoms with Crippen LogP contribution in [0.3, 0.4) is 0 Å². The lowest BCUT2D eigenvalue weighted by atomic mass is 10.0. The van der Waals surface area contributed by atoms with Crippen LogP contribution < -0.4 is 27.0 Å². The molecule has 30 heavy (non-hydrogen) atoms. The van der Waals surface area contributed by atoms with Crippen LogP contribution in [0.1, 0.15) is 46.0 Å². The highest BCUT2D eigenvalue weighted by molar-refractivity contribution is 5.94. The summed E-state index contributed by atoms with van der Waals surface area (Å²) in [5.41, 5.74) is 5.50. The zero-order valence-corrected chi connectivity index (χ0v) is 17.6. The van der Waals surface area contributed by atoms with Gasteiger partial charge in [0.25, 0.3) is 0 Å². The summed E-state index contributed by atoms with van der Waals surface area (Å²) in [5.74, 6) is -3.32. The standard InChI is InChI=1S/C19H35N5O6/c1-11(2)15(19(29)30)24-18(28)14(10-25)23-17(27)13(6-3-4-8-20)22-16(26)12-7-5-9-21-12/h11-15,21,25H,3-10,20H2,1-2H3,(H,22,26)(H,23,27)(H,24,28)(H,29,30). The van der Waals surface area contributed by atoms with Gasteiger partial charge in [0.1, 0.15) is 18.1 Å². The molecule has 1 fully saturated rings. The number of carbonyl (C=O) groups excluding carboxylic acids is 3. The van der Waals surface area contributed by atoms with E-state index in [1.54, 1.807) is 13.8 Å². The van der Waals surface area contributed by atoms with E-state index in [1.807, 2.05) is 0 Å². The molecule has 0 bridgehead atoms. The highest BCUT2D eigenvalue weighted by Crippen LogP contribution is 2.08. The fraction of sp³-hybridized carbons (Fsp3) is 0.789. The van der Waals surface area contributed by atoms with Crippen molar-refractivity contribution in [3.05, 3.63) is 0 Å². The predicted octanol–water partition coefficient (Wildman–Crippen LogP) is -1.95. The first-order valence-corrected chi connectivity index (χ1v) is 10.4. The second-order valence-corrected chi connectivity index (χ2v) is 7.81. The first-order chi connectivity index (χ1) is 14.2. The Kier molecular flexibility index (Phi) is 11.3. The fourth-order valence-corrected chi connectivity index (χ4v) is 3.18. The van der Waals surface area contributed by atoms with E-state index in [9.17, 15) is 29.4 Å². The SMILES string of the molecule is CC(C)C(NC(=O)C(CO)NC(=O)C(CCCCN)NC(=O)C1CCCN1)C(=O)O. The Morgan fingerprint density at radius 2 is 1.73 bits per heavy atom. The van der Waals surface area contributed by atoms with Crippen molar-refractivity contribution in [2.45, 2.75) is 70.1 Å². The first-order valence-electron chi connectivity index (χ1n) is 10.4. The van der Waals surface area contributed by atoms with Gasteiger partial charge in [-0.3, -0.25) is 14.4 Å². The quantitative estimate of drug-likeness (QED) is 0.165. The van der Waals surface area contributed by atoms with Crippen molar-refractivity contribution in [2.24, 2.45) is 11.7 Å². The average Bonchev–Trinajstić information content (AvgIpc) is 3.23. The van der Waals surface area contributed by atoms with E-state index in [0.29, 0.717) is 32.2 Å². The number of hydrogen-bond donors (Lipinski definition) is 7. The molecule has 0 aliphatic carbocycles. The van der Waals surface area contributed by atoms with Gasteiger partial charge in [-0.05, 0) is 51.1 Å². The molecular formula is C19H35N5O6. The summed E-state index contributed by atoms with van der Waals surface area (Å²) in [6.45, 7) is 3.72. The second-order valence-electron chi connectivity index (χ2n) is 7.81. The van der Waals surface area contributed by atoms with Gasteiger partial charge in [-0.15, -0.1) is 0 Å². The molecule has 4 atom stereocenters. The summed E-state index contributed by atoms with van der Waals surface area (Å²) in [5, 5.41) is 29.3. The lowest BCUT2D eigenvalue weighted by Gasteiger charge is -2.25. The monoisotopic (exact) mass is 429 g/mol. The average molecular weight is 430 g/mol. The van der Waals surface area contributed by atoms with Crippen molar-refractivity contribution in [1.29, 1.82) is 0 Å². The first kappa shape index (κ1) is 25.8. The number of amides is 3. The molecule has 1 saturated heterocycles. The largest absolute Gasteiger partial charge is 0.480 e. The topological polar surface area (TPSA) is 183 Å². The van der Waals surface area contributed by atoms with E-state index in [1.165, 1.54) is 0 Å². The van der Waals surface area contributed by atoms with Crippen molar-refractivity contribution in [1.82, 2.24) is 21.3 Å². The van der Waals surface area contributed by atoms with Crippen LogP contribution in [0.25, 0.3) is 0 Å². The molecule has 0 aromatic carbocycles. The number of hydrogen-bond acceptors (Lipinski definition) is 7. The van der Waals surface area contributed by atoms with Crippen LogP contribution in [0.15, 0.2) is 0 Å². The lowest BCUT2D eigenvalue weighted by Crippen LogP contribution is -2.58. The second kappa shape index (κ2) is 13.1. The Morgan fingerprint density at radius 3 is 2.23 bits per heavy atom. The van der Waals surface area contributed by atoms with Crippen molar-refractivity contribution >= 4 is 23.7 Å². The molecule has 0 spiro atoms. The van der Waals surface area contributed by atoms with E-state index >= 15 is 0 Å². The van der Waals surface area contributed by atoms with Crippen LogP contribution in [-0.4, -0.2) is 77.8 Å². The van der Waals surface area contributed by atoms with E-state index in [0.717, 1.165) is 13.0 Å². The van der Waals surface area contributed by atoms with Crippen molar-refractivity contribution in [3.63, 3.8) is 0 Å². The Hall–Kier alpha value is -2.24. The minimum absolute atomic E-state index is 0.295. The number of aliphatic hydroxyl groups excluding tert-OH is 1. The molecule has 1 heterocycles. The van der Waals surface area contributed by atoms with Gasteiger partial charge in [-0.25, -0.2) is 4.79 Å². The number of aliphatic hydroxyl groups is 1. The van der Waals surface area contributed by atoms with E-state index in [-0.39, 0.29) is 17.9 Å². The predicted molar refractivity (Wildman–Crippen MR) is 109 cm³/mol. The molecule has 1 aliphatic heterocycles. The van der Waals surface area contributed by atoms with E-state index in [2.05, 4.69) is 21.3 Å². The number of carboxylic acid groups (broad SMARTS) is 1. The Morgan fingerprint density at radius 1 is 1.07 bits per heavy atom. The molecule has 0 aromatic heterocycles. The van der Waals surface area contributed by atoms with Crippen LogP contribution in [0.4, 0.5) is 0 Å². The van der Waals surface area contributed by atoms with Gasteiger partial charge >= 0.3 is 5.97 Å². The van der Waals surface area contributed by atoms with Crippen molar-refractivity contribution in [3.8, 4) is 0 Å². The Bertz CT molecular complexity index is 594. The fourth-order valence-electron chi connectivity index (χ4n) is 3.18. The summed E-state index contributed by atoms with van der Waals surface area (Å²) in [7, 11) is 0. The zero-order chi connectivity index (χ0) is 22.7. The number of unbranched alkanes of at least 4 members (excludes halogenated alkanes) is 1. The van der Waals surface area contributed by atoms with Gasteiger partial charge in [-0.2, -0.15) is 0 Å². The number of nitrogens with one attached hydrogen (secondary N) is 4.